The minimum absolute atomic E-state index is 0.0163. The zero-order valence-corrected chi connectivity index (χ0v) is 22.7. The van der Waals surface area contributed by atoms with E-state index in [9.17, 15) is 0 Å². The minimum Gasteiger partial charge on any atom is -0.257 e. The fourth-order valence-corrected chi connectivity index (χ4v) is 6.26. The summed E-state index contributed by atoms with van der Waals surface area (Å²) in [5.41, 5.74) is 5.29. The Morgan fingerprint density at radius 2 is 1.14 bits per heavy atom. The molecule has 5 rings (SSSR count). The van der Waals surface area contributed by atoms with Gasteiger partial charge in [-0.25, -0.2) is 4.98 Å². The Morgan fingerprint density at radius 1 is 0.667 bits per heavy atom. The molecular weight excluding hydrogens is 500 g/mol. The molecule has 0 saturated carbocycles. The lowest BCUT2D eigenvalue weighted by atomic mass is 9.76. The summed E-state index contributed by atoms with van der Waals surface area (Å²) in [6.45, 7) is 0. The molecule has 0 fully saturated rings. The number of hydrogen-bond acceptors (Lipinski definition) is 2. The smallest absolute Gasteiger partial charge is 0.137 e. The van der Waals surface area contributed by atoms with Crippen LogP contribution in [0.3, 0.4) is 0 Å². The van der Waals surface area contributed by atoms with Crippen LogP contribution in [0.5, 0.6) is 0 Å². The fourth-order valence-electron chi connectivity index (χ4n) is 4.04. The van der Waals surface area contributed by atoms with Crippen LogP contribution in [-0.2, 0) is 6.17 Å². The minimum atomic E-state index is -0.490. The average molecular weight is 526 g/mol. The van der Waals surface area contributed by atoms with Crippen LogP contribution in [0, 0.1) is 0 Å². The third kappa shape index (κ3) is 7.44. The Morgan fingerprint density at radius 3 is 1.56 bits per heavy atom. The van der Waals surface area contributed by atoms with Gasteiger partial charge in [0.25, 0.3) is 0 Å². The molecule has 0 saturated heterocycles. The number of benzene rings is 4. The zero-order valence-electron chi connectivity index (χ0n) is 19.8. The highest BCUT2D eigenvalue weighted by atomic mass is 35.5. The average Bonchev–Trinajstić information content (AvgIpc) is 3.45. The first kappa shape index (κ1) is 26.0. The van der Waals surface area contributed by atoms with Gasteiger partial charge in [0.1, 0.15) is 12.7 Å². The van der Waals surface area contributed by atoms with E-state index in [1.807, 2.05) is 65.3 Å². The predicted octanol–water partition coefficient (Wildman–Crippen LogP) is 6.45. The summed E-state index contributed by atoms with van der Waals surface area (Å²) in [4.78, 5) is 4.01. The van der Waals surface area contributed by atoms with Crippen molar-refractivity contribution in [2.45, 2.75) is 17.5 Å². The maximum Gasteiger partial charge on any atom is 0.137 e. The maximum absolute atomic E-state index is 6.12. The highest BCUT2D eigenvalue weighted by Crippen LogP contribution is 2.26. The Kier molecular flexibility index (Phi) is 9.56. The van der Waals surface area contributed by atoms with Crippen molar-refractivity contribution in [2.24, 2.45) is 0 Å². The van der Waals surface area contributed by atoms with Crippen LogP contribution in [-0.4, -0.2) is 32.1 Å². The van der Waals surface area contributed by atoms with Crippen LogP contribution in [0.25, 0.3) is 0 Å². The van der Waals surface area contributed by atoms with Gasteiger partial charge in [-0.1, -0.05) is 108 Å². The second-order valence-corrected chi connectivity index (χ2v) is 11.1. The third-order valence-electron chi connectivity index (χ3n) is 5.98. The standard InChI is InChI=1S/C16H15Cl2N3Si.C13H11B/c17-14-5-1-12(2-6-14)16(13-3-7-15(18)8-4-13)22-11-21-10-19-9-20-21;14-13(11-7-3-1-4-8-11)12-9-5-2-6-10-12/h1-10,16H,11,22H2;1-10,13H. The first-order chi connectivity index (χ1) is 17.6. The Hall–Kier alpha value is -3.12. The molecule has 178 valence electrons. The molecule has 0 bridgehead atoms. The summed E-state index contributed by atoms with van der Waals surface area (Å²) in [6, 6.07) is 36.5. The van der Waals surface area contributed by atoms with Crippen LogP contribution in [0.15, 0.2) is 122 Å². The Bertz CT molecular complexity index is 1220. The molecule has 0 aliphatic heterocycles. The molecule has 1 aromatic heterocycles. The van der Waals surface area contributed by atoms with Gasteiger partial charge in [0.2, 0.25) is 0 Å². The van der Waals surface area contributed by atoms with Gasteiger partial charge in [-0.2, -0.15) is 5.10 Å². The third-order valence-corrected chi connectivity index (χ3v) is 8.72. The number of halogens is 2. The first-order valence-corrected chi connectivity index (χ1v) is 14.4. The monoisotopic (exact) mass is 525 g/mol. The molecule has 36 heavy (non-hydrogen) atoms. The summed E-state index contributed by atoms with van der Waals surface area (Å²) in [7, 11) is 5.63. The van der Waals surface area contributed by atoms with E-state index in [0.717, 1.165) is 27.3 Å². The molecule has 0 spiro atoms. The van der Waals surface area contributed by atoms with Gasteiger partial charge in [-0.05, 0) is 57.9 Å². The van der Waals surface area contributed by atoms with Gasteiger partial charge in [-0.3, -0.25) is 4.68 Å². The van der Waals surface area contributed by atoms with E-state index < -0.39 is 9.52 Å². The lowest BCUT2D eigenvalue weighted by Crippen LogP contribution is -2.16. The summed E-state index contributed by atoms with van der Waals surface area (Å²) >= 11 is 12.0. The number of hydrogen-bond donors (Lipinski definition) is 0. The van der Waals surface area contributed by atoms with E-state index in [4.69, 9.17) is 31.0 Å². The van der Waals surface area contributed by atoms with E-state index in [2.05, 4.69) is 58.6 Å². The lowest BCUT2D eigenvalue weighted by molar-refractivity contribution is 0.730. The first-order valence-electron chi connectivity index (χ1n) is 11.8. The van der Waals surface area contributed by atoms with E-state index in [1.54, 1.807) is 12.7 Å². The second kappa shape index (κ2) is 13.3. The van der Waals surface area contributed by atoms with Crippen molar-refractivity contribution < 1.29 is 0 Å². The molecule has 0 unspecified atom stereocenters. The van der Waals surface area contributed by atoms with Gasteiger partial charge in [0.15, 0.2) is 0 Å². The normalized spacial score (nSPS) is 11.1. The molecule has 3 nitrogen and oxygen atoms in total. The number of rotatable bonds is 7. The number of nitrogens with zero attached hydrogens (tertiary/aromatic N) is 3. The van der Waals surface area contributed by atoms with Crippen LogP contribution in [0.2, 0.25) is 10.0 Å². The largest absolute Gasteiger partial charge is 0.257 e. The number of aromatic nitrogens is 3. The van der Waals surface area contributed by atoms with Crippen LogP contribution >= 0.6 is 23.2 Å². The SMILES string of the molecule is Clc1ccc(C([SiH2]Cn2cncn2)c2ccc(Cl)cc2)cc1.[B]C(c1ccccc1)c1ccccc1. The lowest BCUT2D eigenvalue weighted by Gasteiger charge is -2.18. The molecule has 7 heteroatoms. The molecular formula is C29H26BCl2N3Si. The quantitative estimate of drug-likeness (QED) is 0.229. The van der Waals surface area contributed by atoms with Crippen LogP contribution in [0.1, 0.15) is 33.6 Å². The van der Waals surface area contributed by atoms with Crippen molar-refractivity contribution in [1.29, 1.82) is 0 Å². The van der Waals surface area contributed by atoms with E-state index in [0.29, 0.717) is 5.54 Å². The molecule has 0 N–H and O–H groups in total. The Labute approximate surface area is 226 Å². The van der Waals surface area contributed by atoms with Crippen molar-refractivity contribution in [2.75, 3.05) is 0 Å². The van der Waals surface area contributed by atoms with Gasteiger partial charge in [0, 0.05) is 16.2 Å². The van der Waals surface area contributed by atoms with Crippen molar-refractivity contribution in [3.63, 3.8) is 0 Å². The van der Waals surface area contributed by atoms with Crippen LogP contribution < -0.4 is 0 Å². The van der Waals surface area contributed by atoms with Crippen molar-refractivity contribution in [3.8, 4) is 0 Å². The maximum atomic E-state index is 6.12. The zero-order chi connectivity index (χ0) is 25.2. The molecule has 2 radical (unpaired) electrons. The summed E-state index contributed by atoms with van der Waals surface area (Å²) in [6.07, 6.45) is 4.29. The van der Waals surface area contributed by atoms with Crippen molar-refractivity contribution in [1.82, 2.24) is 14.8 Å². The molecule has 1 heterocycles. The second-order valence-electron chi connectivity index (χ2n) is 8.40. The molecule has 4 aromatic carbocycles. The van der Waals surface area contributed by atoms with Gasteiger partial charge >= 0.3 is 0 Å². The highest BCUT2D eigenvalue weighted by Gasteiger charge is 2.15. The predicted molar refractivity (Wildman–Crippen MR) is 154 cm³/mol. The topological polar surface area (TPSA) is 30.7 Å². The van der Waals surface area contributed by atoms with E-state index >= 15 is 0 Å². The summed E-state index contributed by atoms with van der Waals surface area (Å²) < 4.78 is 1.91. The van der Waals surface area contributed by atoms with Gasteiger partial charge in [-0.15, -0.1) is 0 Å². The molecule has 0 aliphatic carbocycles. The van der Waals surface area contributed by atoms with Gasteiger partial charge < -0.3 is 0 Å². The Balaban J connectivity index is 0.000000187. The van der Waals surface area contributed by atoms with Crippen LogP contribution in [0.4, 0.5) is 0 Å². The van der Waals surface area contributed by atoms with E-state index in [-0.39, 0.29) is 5.82 Å². The highest BCUT2D eigenvalue weighted by molar-refractivity contribution is 6.37. The molecule has 0 aliphatic rings. The van der Waals surface area contributed by atoms with E-state index in [1.165, 1.54) is 11.1 Å². The summed E-state index contributed by atoms with van der Waals surface area (Å²) in [5.74, 6) is -0.0163. The molecule has 0 atom stereocenters. The fraction of sp³-hybridized carbons (Fsp3) is 0.103. The van der Waals surface area contributed by atoms with Crippen molar-refractivity contribution in [3.05, 3.63) is 154 Å². The van der Waals surface area contributed by atoms with Crippen molar-refractivity contribution >= 4 is 40.6 Å². The van der Waals surface area contributed by atoms with Gasteiger partial charge in [0.05, 0.1) is 17.4 Å². The molecule has 5 aromatic rings. The molecule has 0 amide bonds. The summed E-state index contributed by atoms with van der Waals surface area (Å²) in [5, 5.41) is 5.72.